The van der Waals surface area contributed by atoms with Crippen LogP contribution in [0, 0.1) is 5.92 Å². The van der Waals surface area contributed by atoms with Gasteiger partial charge in [0.2, 0.25) is 11.8 Å². The highest BCUT2D eigenvalue weighted by atomic mass is 16.5. The molecule has 2 heterocycles. The number of hydrogen-bond acceptors (Lipinski definition) is 3. The third kappa shape index (κ3) is 3.08. The summed E-state index contributed by atoms with van der Waals surface area (Å²) in [4.78, 5) is 26.3. The molecule has 2 fully saturated rings. The average molecular weight is 268 g/mol. The highest BCUT2D eigenvalue weighted by molar-refractivity contribution is 5.96. The zero-order valence-corrected chi connectivity index (χ0v) is 11.9. The molecular weight excluding hydrogens is 244 g/mol. The van der Waals surface area contributed by atoms with Crippen molar-refractivity contribution in [2.24, 2.45) is 5.92 Å². The quantitative estimate of drug-likeness (QED) is 0.825. The summed E-state index contributed by atoms with van der Waals surface area (Å²) in [6.07, 6.45) is 3.45. The van der Waals surface area contributed by atoms with Gasteiger partial charge in [-0.05, 0) is 31.6 Å². The standard InChI is InChI=1S/C14H24N2O3/c1-3-11-14(18)16(12(4-2)13(17)15-11)8-10-6-5-7-19-9-10/h10-12H,3-9H2,1-2H3,(H,15,17). The van der Waals surface area contributed by atoms with Crippen LogP contribution in [-0.4, -0.2) is 48.6 Å². The summed E-state index contributed by atoms with van der Waals surface area (Å²) < 4.78 is 5.47. The molecular formula is C14H24N2O3. The Kier molecular flexibility index (Phi) is 4.80. The number of carbonyl (C=O) groups is 2. The van der Waals surface area contributed by atoms with Crippen molar-refractivity contribution in [3.63, 3.8) is 0 Å². The Morgan fingerprint density at radius 3 is 2.68 bits per heavy atom. The normalized spacial score (nSPS) is 32.3. The van der Waals surface area contributed by atoms with Gasteiger partial charge in [-0.15, -0.1) is 0 Å². The van der Waals surface area contributed by atoms with Gasteiger partial charge in [-0.2, -0.15) is 0 Å². The van der Waals surface area contributed by atoms with E-state index in [1.807, 2.05) is 13.8 Å². The second-order valence-corrected chi connectivity index (χ2v) is 5.47. The first-order chi connectivity index (χ1) is 9.17. The second kappa shape index (κ2) is 6.37. The van der Waals surface area contributed by atoms with Gasteiger partial charge in [-0.25, -0.2) is 0 Å². The van der Waals surface area contributed by atoms with Crippen LogP contribution in [0.1, 0.15) is 39.5 Å². The Hall–Kier alpha value is -1.10. The van der Waals surface area contributed by atoms with E-state index in [9.17, 15) is 9.59 Å². The lowest BCUT2D eigenvalue weighted by Crippen LogP contribution is -2.63. The van der Waals surface area contributed by atoms with Crippen LogP contribution in [0.5, 0.6) is 0 Å². The van der Waals surface area contributed by atoms with Crippen LogP contribution < -0.4 is 5.32 Å². The molecule has 108 valence electrons. The van der Waals surface area contributed by atoms with Crippen molar-refractivity contribution < 1.29 is 14.3 Å². The zero-order chi connectivity index (χ0) is 13.8. The first kappa shape index (κ1) is 14.3. The Morgan fingerprint density at radius 2 is 2.11 bits per heavy atom. The molecule has 2 aliphatic rings. The van der Waals surface area contributed by atoms with Crippen LogP contribution in [-0.2, 0) is 14.3 Å². The lowest BCUT2D eigenvalue weighted by Gasteiger charge is -2.40. The zero-order valence-electron chi connectivity index (χ0n) is 11.9. The van der Waals surface area contributed by atoms with E-state index in [-0.39, 0.29) is 23.9 Å². The number of carbonyl (C=O) groups excluding carboxylic acids is 2. The number of nitrogens with one attached hydrogen (secondary N) is 1. The largest absolute Gasteiger partial charge is 0.381 e. The average Bonchev–Trinajstić information content (AvgIpc) is 2.44. The van der Waals surface area contributed by atoms with Crippen LogP contribution >= 0.6 is 0 Å². The molecule has 0 aromatic rings. The van der Waals surface area contributed by atoms with E-state index in [0.29, 0.717) is 31.9 Å². The monoisotopic (exact) mass is 268 g/mol. The topological polar surface area (TPSA) is 58.6 Å². The number of amides is 2. The Morgan fingerprint density at radius 1 is 1.32 bits per heavy atom. The van der Waals surface area contributed by atoms with E-state index < -0.39 is 0 Å². The Balaban J connectivity index is 2.07. The van der Waals surface area contributed by atoms with Crippen LogP contribution in [0.4, 0.5) is 0 Å². The van der Waals surface area contributed by atoms with Gasteiger partial charge in [0, 0.05) is 13.2 Å². The van der Waals surface area contributed by atoms with Gasteiger partial charge in [-0.3, -0.25) is 9.59 Å². The second-order valence-electron chi connectivity index (χ2n) is 5.47. The molecule has 2 amide bonds. The van der Waals surface area contributed by atoms with Crippen molar-refractivity contribution in [3.05, 3.63) is 0 Å². The molecule has 19 heavy (non-hydrogen) atoms. The summed E-state index contributed by atoms with van der Waals surface area (Å²) in [6.45, 7) is 6.06. The third-order valence-electron chi connectivity index (χ3n) is 4.08. The molecule has 5 heteroatoms. The molecule has 2 aliphatic heterocycles. The number of rotatable bonds is 4. The molecule has 2 saturated heterocycles. The molecule has 3 unspecified atom stereocenters. The van der Waals surface area contributed by atoms with E-state index >= 15 is 0 Å². The predicted molar refractivity (Wildman–Crippen MR) is 71.6 cm³/mol. The number of piperazine rings is 1. The van der Waals surface area contributed by atoms with Crippen molar-refractivity contribution in [2.45, 2.75) is 51.6 Å². The summed E-state index contributed by atoms with van der Waals surface area (Å²) in [6, 6.07) is -0.656. The summed E-state index contributed by atoms with van der Waals surface area (Å²) in [7, 11) is 0. The summed E-state index contributed by atoms with van der Waals surface area (Å²) in [5.41, 5.74) is 0. The van der Waals surface area contributed by atoms with Crippen molar-refractivity contribution in [1.82, 2.24) is 10.2 Å². The maximum Gasteiger partial charge on any atom is 0.245 e. The Bertz CT molecular complexity index is 340. The van der Waals surface area contributed by atoms with E-state index in [0.717, 1.165) is 19.4 Å². The fourth-order valence-corrected chi connectivity index (χ4v) is 2.95. The molecule has 0 aromatic heterocycles. The predicted octanol–water partition coefficient (Wildman–Crippen LogP) is 0.929. The molecule has 0 aromatic carbocycles. The molecule has 0 radical (unpaired) electrons. The molecule has 3 atom stereocenters. The lowest BCUT2D eigenvalue weighted by molar-refractivity contribution is -0.151. The minimum Gasteiger partial charge on any atom is -0.381 e. The van der Waals surface area contributed by atoms with Crippen molar-refractivity contribution >= 4 is 11.8 Å². The van der Waals surface area contributed by atoms with E-state index in [2.05, 4.69) is 5.32 Å². The smallest absolute Gasteiger partial charge is 0.245 e. The van der Waals surface area contributed by atoms with Gasteiger partial charge >= 0.3 is 0 Å². The summed E-state index contributed by atoms with van der Waals surface area (Å²) in [5, 5.41) is 2.82. The van der Waals surface area contributed by atoms with Crippen molar-refractivity contribution in [1.29, 1.82) is 0 Å². The van der Waals surface area contributed by atoms with Crippen molar-refractivity contribution in [3.8, 4) is 0 Å². The molecule has 0 bridgehead atoms. The highest BCUT2D eigenvalue weighted by Gasteiger charge is 2.39. The molecule has 0 saturated carbocycles. The highest BCUT2D eigenvalue weighted by Crippen LogP contribution is 2.21. The number of nitrogens with zero attached hydrogens (tertiary/aromatic N) is 1. The Labute approximate surface area is 114 Å². The number of hydrogen-bond donors (Lipinski definition) is 1. The molecule has 1 N–H and O–H groups in total. The van der Waals surface area contributed by atoms with Crippen LogP contribution in [0.3, 0.4) is 0 Å². The van der Waals surface area contributed by atoms with Crippen LogP contribution in [0.25, 0.3) is 0 Å². The van der Waals surface area contributed by atoms with Gasteiger partial charge in [0.25, 0.3) is 0 Å². The van der Waals surface area contributed by atoms with E-state index in [4.69, 9.17) is 4.74 Å². The van der Waals surface area contributed by atoms with Crippen molar-refractivity contribution in [2.75, 3.05) is 19.8 Å². The van der Waals surface area contributed by atoms with Gasteiger partial charge in [0.1, 0.15) is 12.1 Å². The van der Waals surface area contributed by atoms with Gasteiger partial charge in [-0.1, -0.05) is 13.8 Å². The van der Waals surface area contributed by atoms with Gasteiger partial charge in [0.05, 0.1) is 6.61 Å². The molecule has 5 nitrogen and oxygen atoms in total. The van der Waals surface area contributed by atoms with E-state index in [1.54, 1.807) is 4.90 Å². The maximum atomic E-state index is 12.4. The molecule has 0 spiro atoms. The maximum absolute atomic E-state index is 12.4. The van der Waals surface area contributed by atoms with Crippen LogP contribution in [0.15, 0.2) is 0 Å². The summed E-state index contributed by atoms with van der Waals surface area (Å²) >= 11 is 0. The lowest BCUT2D eigenvalue weighted by atomic mass is 9.97. The SMILES string of the molecule is CCC1NC(=O)C(CC)N(CC2CCCOC2)C1=O. The van der Waals surface area contributed by atoms with Gasteiger partial charge in [0.15, 0.2) is 0 Å². The van der Waals surface area contributed by atoms with Gasteiger partial charge < -0.3 is 15.0 Å². The van der Waals surface area contributed by atoms with Crippen LogP contribution in [0.2, 0.25) is 0 Å². The first-order valence-electron chi connectivity index (χ1n) is 7.36. The third-order valence-corrected chi connectivity index (χ3v) is 4.08. The fraction of sp³-hybridized carbons (Fsp3) is 0.857. The first-order valence-corrected chi connectivity index (χ1v) is 7.36. The molecule has 0 aliphatic carbocycles. The molecule has 2 rings (SSSR count). The summed E-state index contributed by atoms with van der Waals surface area (Å²) in [5.74, 6) is 0.431. The van der Waals surface area contributed by atoms with E-state index in [1.165, 1.54) is 0 Å². The number of ether oxygens (including phenoxy) is 1. The fourth-order valence-electron chi connectivity index (χ4n) is 2.95. The minimum atomic E-state index is -0.347. The minimum absolute atomic E-state index is 0.00863.